The lowest BCUT2D eigenvalue weighted by Gasteiger charge is -2.42. The summed E-state index contributed by atoms with van der Waals surface area (Å²) in [6.45, 7) is 1.30. The number of nitrogens with one attached hydrogen (secondary N) is 1. The molecule has 2 aromatic rings. The Kier molecular flexibility index (Phi) is 5.05. The molecule has 0 spiro atoms. The molecule has 3 heterocycles. The molecular formula is C20H24N2O4S. The van der Waals surface area contributed by atoms with Crippen LogP contribution < -0.4 is 5.32 Å². The molecule has 1 saturated heterocycles. The van der Waals surface area contributed by atoms with Crippen LogP contribution in [0.25, 0.3) is 0 Å². The number of β-amino-alcohol motifs (C(OH)–C–C–N with tert-alkyl or cyclic N) is 2. The Labute approximate surface area is 162 Å². The third kappa shape index (κ3) is 3.66. The van der Waals surface area contributed by atoms with Crippen LogP contribution in [-0.4, -0.2) is 51.9 Å². The number of carbonyl (C=O) groups is 1. The molecule has 6 nitrogen and oxygen atoms in total. The van der Waals surface area contributed by atoms with Crippen molar-refractivity contribution < 1.29 is 20.1 Å². The van der Waals surface area contributed by atoms with Crippen molar-refractivity contribution in [1.82, 2.24) is 4.90 Å². The van der Waals surface area contributed by atoms with Gasteiger partial charge in [-0.05, 0) is 41.5 Å². The topological polar surface area (TPSA) is 93.0 Å². The van der Waals surface area contributed by atoms with E-state index in [2.05, 4.69) is 5.32 Å². The maximum atomic E-state index is 11.5. The number of likely N-dealkylation sites (tertiary alicyclic amines) is 1. The standard InChI is InChI=1S/C20H24N2O4S/c23-16(14-3-5-15-13(10-14)4-6-19(25)21-15)11-22-8-7-20(26,17(24)12-22)18-2-1-9-27-18/h1-3,5,9-10,16-17,23-24,26H,4,6-8,11-12H2,(H,21,25)/t16-,17-,20-/m1/s1. The molecule has 1 fully saturated rings. The normalized spacial score (nSPS) is 27.1. The lowest BCUT2D eigenvalue weighted by molar-refractivity contribution is -0.126. The largest absolute Gasteiger partial charge is 0.388 e. The van der Waals surface area contributed by atoms with Crippen molar-refractivity contribution in [3.05, 3.63) is 51.7 Å². The number of hydrogen-bond donors (Lipinski definition) is 4. The first kappa shape index (κ1) is 18.6. The maximum absolute atomic E-state index is 11.5. The van der Waals surface area contributed by atoms with Gasteiger partial charge in [0.15, 0.2) is 0 Å². The molecule has 1 amide bonds. The third-order valence-corrected chi connectivity index (χ3v) is 6.62. The number of benzene rings is 1. The molecule has 2 aliphatic heterocycles. The van der Waals surface area contributed by atoms with Crippen LogP contribution in [-0.2, 0) is 16.8 Å². The second kappa shape index (κ2) is 7.33. The van der Waals surface area contributed by atoms with Crippen LogP contribution in [0, 0.1) is 0 Å². The van der Waals surface area contributed by atoms with Crippen molar-refractivity contribution in [2.75, 3.05) is 25.0 Å². The number of aryl methyl sites for hydroxylation is 1. The lowest BCUT2D eigenvalue weighted by Crippen LogP contribution is -2.53. The van der Waals surface area contributed by atoms with Crippen molar-refractivity contribution in [1.29, 1.82) is 0 Å². The molecule has 2 aliphatic rings. The molecule has 4 N–H and O–H groups in total. The number of amides is 1. The first-order chi connectivity index (χ1) is 13.0. The van der Waals surface area contributed by atoms with E-state index in [0.29, 0.717) is 38.9 Å². The average Bonchev–Trinajstić information content (AvgIpc) is 3.20. The average molecular weight is 388 g/mol. The number of nitrogens with zero attached hydrogens (tertiary/aromatic N) is 1. The monoisotopic (exact) mass is 388 g/mol. The van der Waals surface area contributed by atoms with Crippen LogP contribution in [0.3, 0.4) is 0 Å². The highest BCUT2D eigenvalue weighted by molar-refractivity contribution is 7.10. The smallest absolute Gasteiger partial charge is 0.224 e. The molecule has 0 radical (unpaired) electrons. The number of aliphatic hydroxyl groups is 3. The van der Waals surface area contributed by atoms with Crippen LogP contribution in [0.4, 0.5) is 5.69 Å². The summed E-state index contributed by atoms with van der Waals surface area (Å²) < 4.78 is 0. The van der Waals surface area contributed by atoms with E-state index in [1.165, 1.54) is 11.3 Å². The van der Waals surface area contributed by atoms with Gasteiger partial charge in [-0.3, -0.25) is 9.69 Å². The SMILES string of the molecule is O=C1CCc2cc([C@H](O)CN3CC[C@](O)(c4cccs4)[C@H](O)C3)ccc2N1. The predicted octanol–water partition coefficient (Wildman–Crippen LogP) is 1.62. The first-order valence-electron chi connectivity index (χ1n) is 9.23. The molecule has 4 rings (SSSR count). The number of hydrogen-bond acceptors (Lipinski definition) is 6. The summed E-state index contributed by atoms with van der Waals surface area (Å²) in [7, 11) is 0. The van der Waals surface area contributed by atoms with Gasteiger partial charge in [-0.15, -0.1) is 11.3 Å². The second-order valence-corrected chi connectivity index (χ2v) is 8.36. The molecule has 1 aromatic carbocycles. The number of thiophene rings is 1. The van der Waals surface area contributed by atoms with Crippen molar-refractivity contribution >= 4 is 22.9 Å². The molecule has 27 heavy (non-hydrogen) atoms. The van der Waals surface area contributed by atoms with E-state index >= 15 is 0 Å². The van der Waals surface area contributed by atoms with Gasteiger partial charge in [-0.2, -0.15) is 0 Å². The van der Waals surface area contributed by atoms with E-state index < -0.39 is 17.8 Å². The van der Waals surface area contributed by atoms with Crippen LogP contribution in [0.5, 0.6) is 0 Å². The summed E-state index contributed by atoms with van der Waals surface area (Å²) in [6, 6.07) is 9.34. The maximum Gasteiger partial charge on any atom is 0.224 e. The highest BCUT2D eigenvalue weighted by atomic mass is 32.1. The van der Waals surface area contributed by atoms with Gasteiger partial charge >= 0.3 is 0 Å². The van der Waals surface area contributed by atoms with Gasteiger partial charge in [-0.1, -0.05) is 18.2 Å². The number of piperidine rings is 1. The Balaban J connectivity index is 1.41. The minimum Gasteiger partial charge on any atom is -0.388 e. The number of rotatable bonds is 4. The van der Waals surface area contributed by atoms with E-state index in [1.807, 2.05) is 40.6 Å². The minimum atomic E-state index is -1.21. The fourth-order valence-electron chi connectivity index (χ4n) is 3.92. The first-order valence-corrected chi connectivity index (χ1v) is 10.1. The summed E-state index contributed by atoms with van der Waals surface area (Å²) in [5, 5.41) is 36.8. The van der Waals surface area contributed by atoms with Gasteiger partial charge in [0.1, 0.15) is 11.7 Å². The summed E-state index contributed by atoms with van der Waals surface area (Å²) in [4.78, 5) is 14.2. The number of carbonyl (C=O) groups excluding carboxylic acids is 1. The van der Waals surface area contributed by atoms with Crippen molar-refractivity contribution in [2.24, 2.45) is 0 Å². The molecule has 144 valence electrons. The highest BCUT2D eigenvalue weighted by Gasteiger charge is 2.43. The lowest BCUT2D eigenvalue weighted by atomic mass is 9.87. The Hall–Kier alpha value is -1.77. The van der Waals surface area contributed by atoms with E-state index in [4.69, 9.17) is 0 Å². The number of anilines is 1. The van der Waals surface area contributed by atoms with Gasteiger partial charge in [0.25, 0.3) is 0 Å². The van der Waals surface area contributed by atoms with Gasteiger partial charge in [-0.25, -0.2) is 0 Å². The molecule has 0 unspecified atom stereocenters. The van der Waals surface area contributed by atoms with Gasteiger partial charge in [0.05, 0.1) is 6.10 Å². The fourth-order valence-corrected chi connectivity index (χ4v) is 4.82. The van der Waals surface area contributed by atoms with E-state index in [1.54, 1.807) is 0 Å². The van der Waals surface area contributed by atoms with Crippen LogP contribution in [0.1, 0.15) is 34.9 Å². The van der Waals surface area contributed by atoms with Crippen molar-refractivity contribution in [3.8, 4) is 0 Å². The van der Waals surface area contributed by atoms with Crippen LogP contribution in [0.2, 0.25) is 0 Å². The van der Waals surface area contributed by atoms with Crippen LogP contribution in [0.15, 0.2) is 35.7 Å². The molecule has 0 saturated carbocycles. The van der Waals surface area contributed by atoms with Gasteiger partial charge < -0.3 is 20.6 Å². The molecule has 1 aromatic heterocycles. The number of fused-ring (bicyclic) bond motifs is 1. The van der Waals surface area contributed by atoms with E-state index in [0.717, 1.165) is 21.7 Å². The van der Waals surface area contributed by atoms with Gasteiger partial charge in [0, 0.05) is 36.6 Å². The van der Waals surface area contributed by atoms with Crippen molar-refractivity contribution in [3.63, 3.8) is 0 Å². The zero-order chi connectivity index (χ0) is 19.0. The third-order valence-electron chi connectivity index (χ3n) is 5.58. The second-order valence-electron chi connectivity index (χ2n) is 7.41. The molecule has 7 heteroatoms. The molecule has 0 bridgehead atoms. The zero-order valence-corrected chi connectivity index (χ0v) is 15.8. The fraction of sp³-hybridized carbons (Fsp3) is 0.450. The Morgan fingerprint density at radius 1 is 1.33 bits per heavy atom. The Morgan fingerprint density at radius 3 is 2.93 bits per heavy atom. The summed E-state index contributed by atoms with van der Waals surface area (Å²) in [5.74, 6) is 0.0244. The molecule has 0 aliphatic carbocycles. The van der Waals surface area contributed by atoms with Crippen molar-refractivity contribution in [2.45, 2.75) is 37.1 Å². The van der Waals surface area contributed by atoms with E-state index in [-0.39, 0.29) is 5.91 Å². The van der Waals surface area contributed by atoms with Gasteiger partial charge in [0.2, 0.25) is 5.91 Å². The molecule has 3 atom stereocenters. The highest BCUT2D eigenvalue weighted by Crippen LogP contribution is 2.36. The Morgan fingerprint density at radius 2 is 2.19 bits per heavy atom. The molecular weight excluding hydrogens is 364 g/mol. The van der Waals surface area contributed by atoms with Crippen LogP contribution >= 0.6 is 11.3 Å². The number of aliphatic hydroxyl groups excluding tert-OH is 2. The summed E-state index contributed by atoms with van der Waals surface area (Å²) >= 11 is 1.45. The Bertz CT molecular complexity index is 825. The zero-order valence-electron chi connectivity index (χ0n) is 15.0. The summed E-state index contributed by atoms with van der Waals surface area (Å²) in [5.41, 5.74) is 1.45. The quantitative estimate of drug-likeness (QED) is 0.639. The summed E-state index contributed by atoms with van der Waals surface area (Å²) in [6.07, 6.45) is -0.00850. The minimum absolute atomic E-state index is 0.0244. The van der Waals surface area contributed by atoms with E-state index in [9.17, 15) is 20.1 Å². The predicted molar refractivity (Wildman–Crippen MR) is 104 cm³/mol.